The molecule has 0 fully saturated rings. The normalized spacial score (nSPS) is 13.4. The number of hydrogen-bond acceptors (Lipinski definition) is 3. The summed E-state index contributed by atoms with van der Waals surface area (Å²) >= 11 is 0. The standard InChI is InChI=1S/C8H14F2N4/c1-7(8(9)10)11-3-2-5-14-6-4-12-13-14/h4,6-8,11H,2-3,5H2,1H3. The highest BCUT2D eigenvalue weighted by Gasteiger charge is 2.12. The molecular weight excluding hydrogens is 190 g/mol. The molecule has 0 aliphatic heterocycles. The zero-order valence-corrected chi connectivity index (χ0v) is 8.03. The average molecular weight is 204 g/mol. The third kappa shape index (κ3) is 3.78. The lowest BCUT2D eigenvalue weighted by Crippen LogP contribution is -2.33. The van der Waals surface area contributed by atoms with Gasteiger partial charge < -0.3 is 5.32 Å². The highest BCUT2D eigenvalue weighted by atomic mass is 19.3. The van der Waals surface area contributed by atoms with Gasteiger partial charge in [0.15, 0.2) is 0 Å². The van der Waals surface area contributed by atoms with E-state index in [1.165, 1.54) is 6.92 Å². The Morgan fingerprint density at radius 3 is 2.86 bits per heavy atom. The Morgan fingerprint density at radius 1 is 1.50 bits per heavy atom. The number of hydrogen-bond donors (Lipinski definition) is 1. The van der Waals surface area contributed by atoms with E-state index in [1.54, 1.807) is 17.1 Å². The van der Waals surface area contributed by atoms with Gasteiger partial charge in [-0.1, -0.05) is 5.21 Å². The van der Waals surface area contributed by atoms with E-state index in [-0.39, 0.29) is 0 Å². The van der Waals surface area contributed by atoms with Crippen molar-refractivity contribution in [3.63, 3.8) is 0 Å². The fourth-order valence-electron chi connectivity index (χ4n) is 1.01. The van der Waals surface area contributed by atoms with Gasteiger partial charge in [0.25, 0.3) is 6.43 Å². The molecule has 1 rings (SSSR count). The minimum atomic E-state index is -2.30. The van der Waals surface area contributed by atoms with E-state index >= 15 is 0 Å². The summed E-state index contributed by atoms with van der Waals surface area (Å²) in [6.07, 6.45) is 1.80. The molecule has 6 heteroatoms. The molecule has 0 amide bonds. The molecule has 1 atom stereocenters. The van der Waals surface area contributed by atoms with Crippen molar-refractivity contribution >= 4 is 0 Å². The minimum absolute atomic E-state index is 0.561. The molecule has 0 radical (unpaired) electrons. The van der Waals surface area contributed by atoms with Crippen LogP contribution in [0.2, 0.25) is 0 Å². The molecular formula is C8H14F2N4. The molecule has 1 heterocycles. The van der Waals surface area contributed by atoms with Gasteiger partial charge in [0.1, 0.15) is 0 Å². The van der Waals surface area contributed by atoms with Crippen molar-refractivity contribution in [3.8, 4) is 0 Å². The topological polar surface area (TPSA) is 42.7 Å². The highest BCUT2D eigenvalue weighted by Crippen LogP contribution is 1.99. The monoisotopic (exact) mass is 204 g/mol. The SMILES string of the molecule is CC(NCCCn1ccnn1)C(F)F. The molecule has 0 bridgehead atoms. The third-order valence-electron chi connectivity index (χ3n) is 1.88. The van der Waals surface area contributed by atoms with E-state index < -0.39 is 12.5 Å². The molecule has 80 valence electrons. The van der Waals surface area contributed by atoms with Crippen LogP contribution in [0, 0.1) is 0 Å². The van der Waals surface area contributed by atoms with Crippen LogP contribution in [-0.2, 0) is 6.54 Å². The van der Waals surface area contributed by atoms with E-state index in [0.29, 0.717) is 13.1 Å². The molecule has 1 aromatic rings. The molecule has 0 spiro atoms. The third-order valence-corrected chi connectivity index (χ3v) is 1.88. The van der Waals surface area contributed by atoms with Crippen molar-refractivity contribution in [3.05, 3.63) is 12.4 Å². The van der Waals surface area contributed by atoms with E-state index in [9.17, 15) is 8.78 Å². The molecule has 14 heavy (non-hydrogen) atoms. The summed E-state index contributed by atoms with van der Waals surface area (Å²) in [5.41, 5.74) is 0. The summed E-state index contributed by atoms with van der Waals surface area (Å²) in [6.45, 7) is 2.73. The second-order valence-electron chi connectivity index (χ2n) is 3.10. The van der Waals surface area contributed by atoms with Crippen LogP contribution in [0.5, 0.6) is 0 Å². The fraction of sp³-hybridized carbons (Fsp3) is 0.750. The molecule has 4 nitrogen and oxygen atoms in total. The molecule has 0 aromatic carbocycles. The Kier molecular flexibility index (Phi) is 4.45. The lowest BCUT2D eigenvalue weighted by atomic mass is 10.3. The number of aromatic nitrogens is 3. The van der Waals surface area contributed by atoms with Gasteiger partial charge in [-0.25, -0.2) is 8.78 Å². The van der Waals surface area contributed by atoms with Gasteiger partial charge in [0, 0.05) is 12.7 Å². The Hall–Kier alpha value is -1.04. The van der Waals surface area contributed by atoms with Crippen LogP contribution >= 0.6 is 0 Å². The van der Waals surface area contributed by atoms with E-state index in [4.69, 9.17) is 0 Å². The Balaban J connectivity index is 2.05. The Morgan fingerprint density at radius 2 is 2.29 bits per heavy atom. The lowest BCUT2D eigenvalue weighted by molar-refractivity contribution is 0.106. The molecule has 1 aromatic heterocycles. The molecule has 0 saturated carbocycles. The summed E-state index contributed by atoms with van der Waals surface area (Å²) in [5, 5.41) is 10.1. The zero-order chi connectivity index (χ0) is 10.4. The van der Waals surface area contributed by atoms with E-state index in [2.05, 4.69) is 15.6 Å². The van der Waals surface area contributed by atoms with E-state index in [0.717, 1.165) is 6.42 Å². The van der Waals surface area contributed by atoms with Crippen molar-refractivity contribution in [1.29, 1.82) is 0 Å². The van der Waals surface area contributed by atoms with Crippen molar-refractivity contribution in [2.45, 2.75) is 32.4 Å². The van der Waals surface area contributed by atoms with E-state index in [1.807, 2.05) is 0 Å². The van der Waals surface area contributed by atoms with Crippen LogP contribution < -0.4 is 5.32 Å². The maximum Gasteiger partial charge on any atom is 0.253 e. The van der Waals surface area contributed by atoms with Gasteiger partial charge in [0.05, 0.1) is 12.2 Å². The maximum absolute atomic E-state index is 12.0. The quantitative estimate of drug-likeness (QED) is 0.700. The summed E-state index contributed by atoms with van der Waals surface area (Å²) in [4.78, 5) is 0. The maximum atomic E-state index is 12.0. The van der Waals surface area contributed by atoms with Crippen molar-refractivity contribution in [2.75, 3.05) is 6.54 Å². The van der Waals surface area contributed by atoms with Gasteiger partial charge in [0.2, 0.25) is 0 Å². The largest absolute Gasteiger partial charge is 0.309 e. The van der Waals surface area contributed by atoms with Gasteiger partial charge in [-0.05, 0) is 19.9 Å². The molecule has 1 unspecified atom stereocenters. The number of nitrogens with zero attached hydrogens (tertiary/aromatic N) is 3. The van der Waals surface area contributed by atoms with Crippen molar-refractivity contribution < 1.29 is 8.78 Å². The van der Waals surface area contributed by atoms with Crippen LogP contribution in [-0.4, -0.2) is 34.0 Å². The van der Waals surface area contributed by atoms with Crippen LogP contribution in [0.1, 0.15) is 13.3 Å². The second kappa shape index (κ2) is 5.64. The first-order chi connectivity index (χ1) is 6.70. The first-order valence-electron chi connectivity index (χ1n) is 4.56. The van der Waals surface area contributed by atoms with Crippen LogP contribution in [0.3, 0.4) is 0 Å². The van der Waals surface area contributed by atoms with Gasteiger partial charge in [-0.2, -0.15) is 0 Å². The molecule has 1 N–H and O–H groups in total. The predicted octanol–water partition coefficient (Wildman–Crippen LogP) is 0.911. The first kappa shape index (κ1) is 11.0. The summed E-state index contributed by atoms with van der Waals surface area (Å²) in [7, 11) is 0. The second-order valence-corrected chi connectivity index (χ2v) is 3.10. The Labute approximate surface area is 81.3 Å². The predicted molar refractivity (Wildman–Crippen MR) is 48.1 cm³/mol. The number of alkyl halides is 2. The van der Waals surface area contributed by atoms with Crippen molar-refractivity contribution in [1.82, 2.24) is 20.3 Å². The minimum Gasteiger partial charge on any atom is -0.309 e. The highest BCUT2D eigenvalue weighted by molar-refractivity contribution is 4.65. The smallest absolute Gasteiger partial charge is 0.253 e. The van der Waals surface area contributed by atoms with Crippen LogP contribution in [0.25, 0.3) is 0 Å². The summed E-state index contributed by atoms with van der Waals surface area (Å²) in [5.74, 6) is 0. The fourth-order valence-corrected chi connectivity index (χ4v) is 1.01. The van der Waals surface area contributed by atoms with Crippen molar-refractivity contribution in [2.24, 2.45) is 0 Å². The molecule has 0 saturated heterocycles. The average Bonchev–Trinajstić information content (AvgIpc) is 2.64. The van der Waals surface area contributed by atoms with Crippen LogP contribution in [0.4, 0.5) is 8.78 Å². The number of rotatable bonds is 6. The Bertz CT molecular complexity index is 237. The van der Waals surface area contributed by atoms with Crippen LogP contribution in [0.15, 0.2) is 12.4 Å². The van der Waals surface area contributed by atoms with Gasteiger partial charge >= 0.3 is 0 Å². The molecule has 0 aliphatic carbocycles. The first-order valence-corrected chi connectivity index (χ1v) is 4.56. The number of halogens is 2. The van der Waals surface area contributed by atoms with Gasteiger partial charge in [-0.3, -0.25) is 4.68 Å². The number of nitrogens with one attached hydrogen (secondary N) is 1. The van der Waals surface area contributed by atoms with Gasteiger partial charge in [-0.15, -0.1) is 5.10 Å². The summed E-state index contributed by atoms with van der Waals surface area (Å²) < 4.78 is 25.8. The zero-order valence-electron chi connectivity index (χ0n) is 8.03. The number of aryl methyl sites for hydroxylation is 1. The lowest BCUT2D eigenvalue weighted by Gasteiger charge is -2.11. The molecule has 0 aliphatic rings. The summed E-state index contributed by atoms with van der Waals surface area (Å²) in [6, 6.07) is -0.745.